The first-order chi connectivity index (χ1) is 14.9. The molecule has 2 heterocycles. The number of para-hydroxylation sites is 1. The summed E-state index contributed by atoms with van der Waals surface area (Å²) in [6.07, 6.45) is 6.30. The normalized spacial score (nSPS) is 21.2. The lowest BCUT2D eigenvalue weighted by Crippen LogP contribution is -2.58. The average Bonchev–Trinajstić information content (AvgIpc) is 3.19. The monoisotopic (exact) mass is 420 g/mol. The summed E-state index contributed by atoms with van der Waals surface area (Å²) in [4.78, 5) is 14.6. The number of carbonyl (C=O) groups excluding carboxylic acids is 1. The van der Waals surface area contributed by atoms with Crippen LogP contribution in [-0.2, 0) is 10.2 Å². The Balaban J connectivity index is 1.67. The predicted octanol–water partition coefficient (Wildman–Crippen LogP) is 4.90. The van der Waals surface area contributed by atoms with Gasteiger partial charge < -0.3 is 19.7 Å². The molecule has 5 heteroatoms. The van der Waals surface area contributed by atoms with E-state index < -0.39 is 5.66 Å². The predicted molar refractivity (Wildman–Crippen MR) is 125 cm³/mol. The van der Waals surface area contributed by atoms with Gasteiger partial charge in [0.15, 0.2) is 11.5 Å². The highest BCUT2D eigenvalue weighted by Crippen LogP contribution is 2.52. The Morgan fingerprint density at radius 1 is 1.10 bits per heavy atom. The highest BCUT2D eigenvalue weighted by atomic mass is 16.5. The summed E-state index contributed by atoms with van der Waals surface area (Å²) in [5, 5.41) is 3.27. The van der Waals surface area contributed by atoms with Gasteiger partial charge in [-0.3, -0.25) is 4.79 Å². The molecular weight excluding hydrogens is 388 g/mol. The third kappa shape index (κ3) is 3.56. The van der Waals surface area contributed by atoms with Crippen LogP contribution in [0.15, 0.2) is 48.5 Å². The van der Waals surface area contributed by atoms with E-state index in [-0.39, 0.29) is 11.3 Å². The van der Waals surface area contributed by atoms with Crippen LogP contribution in [0.1, 0.15) is 51.7 Å². The van der Waals surface area contributed by atoms with Crippen LogP contribution in [0, 0.1) is 0 Å². The van der Waals surface area contributed by atoms with E-state index in [9.17, 15) is 4.79 Å². The van der Waals surface area contributed by atoms with E-state index in [1.165, 1.54) is 5.56 Å². The summed E-state index contributed by atoms with van der Waals surface area (Å²) in [5.74, 6) is 1.57. The van der Waals surface area contributed by atoms with Crippen LogP contribution in [0.4, 0.5) is 5.69 Å². The van der Waals surface area contributed by atoms with Gasteiger partial charge in [0.1, 0.15) is 5.66 Å². The zero-order chi connectivity index (χ0) is 22.1. The fourth-order valence-electron chi connectivity index (χ4n) is 4.70. The van der Waals surface area contributed by atoms with Crippen molar-refractivity contribution in [2.24, 2.45) is 0 Å². The topological polar surface area (TPSA) is 50.8 Å². The van der Waals surface area contributed by atoms with E-state index >= 15 is 0 Å². The minimum Gasteiger partial charge on any atom is -0.490 e. The number of nitrogens with zero attached hydrogens (tertiary/aromatic N) is 1. The largest absolute Gasteiger partial charge is 0.490 e. The quantitative estimate of drug-likeness (QED) is 0.617. The third-order valence-electron chi connectivity index (χ3n) is 6.42. The van der Waals surface area contributed by atoms with Crippen molar-refractivity contribution in [2.45, 2.75) is 51.6 Å². The summed E-state index contributed by atoms with van der Waals surface area (Å²) in [6.45, 7) is 10.1. The zero-order valence-electron chi connectivity index (χ0n) is 18.9. The van der Waals surface area contributed by atoms with E-state index in [2.05, 4.69) is 61.3 Å². The van der Waals surface area contributed by atoms with Crippen LogP contribution in [0.5, 0.6) is 11.5 Å². The van der Waals surface area contributed by atoms with Crippen LogP contribution < -0.4 is 19.7 Å². The van der Waals surface area contributed by atoms with Crippen LogP contribution in [0.3, 0.4) is 0 Å². The number of benzene rings is 2. The number of nitrogens with one attached hydrogen (secondary N) is 1. The number of amides is 1. The van der Waals surface area contributed by atoms with Crippen molar-refractivity contribution < 1.29 is 14.3 Å². The van der Waals surface area contributed by atoms with Gasteiger partial charge in [-0.1, -0.05) is 57.5 Å². The minimum atomic E-state index is -0.601. The van der Waals surface area contributed by atoms with Crippen LogP contribution in [-0.4, -0.2) is 31.3 Å². The minimum absolute atomic E-state index is 0.0434. The van der Waals surface area contributed by atoms with Gasteiger partial charge in [-0.2, -0.15) is 0 Å². The molecule has 0 radical (unpaired) electrons. The van der Waals surface area contributed by atoms with Crippen LogP contribution in [0.25, 0.3) is 6.08 Å². The number of fused-ring (bicyclic) bond motifs is 3. The lowest BCUT2D eigenvalue weighted by molar-refractivity contribution is -0.118. The molecule has 164 valence electrons. The molecule has 0 saturated carbocycles. The Kier molecular flexibility index (Phi) is 5.69. The molecule has 2 aliphatic rings. The Morgan fingerprint density at radius 3 is 2.68 bits per heavy atom. The van der Waals surface area contributed by atoms with Gasteiger partial charge >= 0.3 is 0 Å². The van der Waals surface area contributed by atoms with E-state index in [0.29, 0.717) is 19.8 Å². The molecule has 1 amide bonds. The zero-order valence-corrected chi connectivity index (χ0v) is 18.9. The first-order valence-electron chi connectivity index (χ1n) is 11.2. The second-order valence-electron chi connectivity index (χ2n) is 8.72. The summed E-state index contributed by atoms with van der Waals surface area (Å²) < 4.78 is 11.7. The number of ether oxygens (including phenoxy) is 2. The first-order valence-corrected chi connectivity index (χ1v) is 11.2. The number of rotatable bonds is 8. The second kappa shape index (κ2) is 8.29. The molecule has 4 rings (SSSR count). The lowest BCUT2D eigenvalue weighted by atomic mass is 9.75. The van der Waals surface area contributed by atoms with Crippen molar-refractivity contribution in [3.63, 3.8) is 0 Å². The summed E-state index contributed by atoms with van der Waals surface area (Å²) in [6, 6.07) is 14.4. The summed E-state index contributed by atoms with van der Waals surface area (Å²) in [7, 11) is 0. The number of carbonyl (C=O) groups is 1. The van der Waals surface area contributed by atoms with Crippen molar-refractivity contribution >= 4 is 17.7 Å². The Hall–Kier alpha value is -2.95. The van der Waals surface area contributed by atoms with Gasteiger partial charge in [0.2, 0.25) is 5.91 Å². The maximum Gasteiger partial charge on any atom is 0.241 e. The van der Waals surface area contributed by atoms with Gasteiger partial charge in [-0.05, 0) is 48.7 Å². The molecule has 1 fully saturated rings. The van der Waals surface area contributed by atoms with Gasteiger partial charge in [0.25, 0.3) is 0 Å². The Morgan fingerprint density at radius 2 is 1.90 bits per heavy atom. The van der Waals surface area contributed by atoms with E-state index in [1.54, 1.807) is 0 Å². The molecule has 2 aromatic carbocycles. The molecule has 1 saturated heterocycles. The van der Waals surface area contributed by atoms with Crippen LogP contribution >= 0.6 is 0 Å². The summed E-state index contributed by atoms with van der Waals surface area (Å²) >= 11 is 0. The Labute approximate surface area is 185 Å². The molecule has 0 unspecified atom stereocenters. The first kappa shape index (κ1) is 21.3. The van der Waals surface area contributed by atoms with Crippen molar-refractivity contribution in [3.8, 4) is 11.5 Å². The molecule has 5 nitrogen and oxygen atoms in total. The van der Waals surface area contributed by atoms with Gasteiger partial charge in [-0.15, -0.1) is 0 Å². The third-order valence-corrected chi connectivity index (χ3v) is 6.42. The van der Waals surface area contributed by atoms with Crippen molar-refractivity contribution in [1.82, 2.24) is 5.32 Å². The molecule has 2 aliphatic heterocycles. The highest BCUT2D eigenvalue weighted by Gasteiger charge is 2.59. The number of anilines is 1. The lowest BCUT2D eigenvalue weighted by Gasteiger charge is -2.40. The molecule has 0 aliphatic carbocycles. The number of hydrogen-bond acceptors (Lipinski definition) is 4. The van der Waals surface area contributed by atoms with Crippen molar-refractivity contribution in [1.29, 1.82) is 0 Å². The molecule has 0 aromatic heterocycles. The standard InChI is InChI=1S/C26H32N2O3/c1-5-7-16-31-22-13-12-19(17-23(22)30-6-2)14-15-26-25(3,4)20-10-8-9-11-21(20)28(26)18-24(29)27-26/h8-15,17H,5-7,16,18H2,1-4H3,(H,27,29)/t26-/m0/s1. The molecule has 2 aromatic rings. The van der Waals surface area contributed by atoms with Gasteiger partial charge in [0, 0.05) is 11.1 Å². The fourth-order valence-corrected chi connectivity index (χ4v) is 4.70. The van der Waals surface area contributed by atoms with Crippen molar-refractivity contribution in [2.75, 3.05) is 24.7 Å². The fraction of sp³-hybridized carbons (Fsp3) is 0.423. The SMILES string of the molecule is CCCCOc1ccc(C=C[C@]23NC(=O)CN2c2ccccc2C3(C)C)cc1OCC. The smallest absolute Gasteiger partial charge is 0.241 e. The Bertz CT molecular complexity index is 998. The van der Waals surface area contributed by atoms with E-state index in [1.807, 2.05) is 31.2 Å². The molecule has 31 heavy (non-hydrogen) atoms. The van der Waals surface area contributed by atoms with E-state index in [4.69, 9.17) is 9.47 Å². The molecule has 1 N–H and O–H groups in total. The van der Waals surface area contributed by atoms with Gasteiger partial charge in [0.05, 0.1) is 19.8 Å². The maximum absolute atomic E-state index is 12.5. The molecule has 0 spiro atoms. The second-order valence-corrected chi connectivity index (χ2v) is 8.72. The van der Waals surface area contributed by atoms with E-state index in [0.717, 1.165) is 35.6 Å². The molecular formula is C26H32N2O3. The maximum atomic E-state index is 12.5. The molecule has 0 bridgehead atoms. The highest BCUT2D eigenvalue weighted by molar-refractivity contribution is 5.91. The average molecular weight is 421 g/mol. The van der Waals surface area contributed by atoms with Crippen molar-refractivity contribution in [3.05, 3.63) is 59.7 Å². The molecule has 1 atom stereocenters. The van der Waals surface area contributed by atoms with Crippen LogP contribution in [0.2, 0.25) is 0 Å². The number of hydrogen-bond donors (Lipinski definition) is 1. The number of unbranched alkanes of at least 4 members (excludes halogenated alkanes) is 1. The van der Waals surface area contributed by atoms with Gasteiger partial charge in [-0.25, -0.2) is 0 Å². The summed E-state index contributed by atoms with van der Waals surface area (Å²) in [5.41, 5.74) is 2.49.